The minimum Gasteiger partial charge on any atom is -0.507 e. The third-order valence-corrected chi connectivity index (χ3v) is 3.62. The van der Waals surface area contributed by atoms with Crippen molar-refractivity contribution in [2.75, 3.05) is 18.0 Å². The van der Waals surface area contributed by atoms with Gasteiger partial charge in [-0.3, -0.25) is 9.59 Å². The van der Waals surface area contributed by atoms with Crippen LogP contribution in [0.4, 0.5) is 5.69 Å². The van der Waals surface area contributed by atoms with E-state index < -0.39 is 0 Å². The van der Waals surface area contributed by atoms with Gasteiger partial charge in [0.1, 0.15) is 5.75 Å². The molecule has 1 saturated heterocycles. The maximum atomic E-state index is 11.2. The number of Topliss-reactive ketones (excluding diaryl/α,β-unsaturated/α-hetero) is 1. The molecule has 5 nitrogen and oxygen atoms in total. The third kappa shape index (κ3) is 2.86. The highest BCUT2D eigenvalue weighted by Gasteiger charge is 2.23. The van der Waals surface area contributed by atoms with E-state index in [2.05, 4.69) is 4.90 Å². The van der Waals surface area contributed by atoms with E-state index in [-0.39, 0.29) is 23.4 Å². The van der Waals surface area contributed by atoms with E-state index in [1.54, 1.807) is 12.1 Å². The van der Waals surface area contributed by atoms with E-state index in [1.807, 2.05) is 6.07 Å². The molecule has 0 unspecified atom stereocenters. The van der Waals surface area contributed by atoms with E-state index in [4.69, 9.17) is 5.73 Å². The summed E-state index contributed by atoms with van der Waals surface area (Å²) in [5, 5.41) is 9.81. The molecule has 1 aliphatic rings. The summed E-state index contributed by atoms with van der Waals surface area (Å²) in [6.07, 6.45) is 1.45. The van der Waals surface area contributed by atoms with Crippen molar-refractivity contribution in [1.29, 1.82) is 0 Å². The Morgan fingerprint density at radius 2 is 1.95 bits per heavy atom. The summed E-state index contributed by atoms with van der Waals surface area (Å²) in [6, 6.07) is 5.05. The molecule has 0 saturated carbocycles. The number of amides is 1. The highest BCUT2D eigenvalue weighted by atomic mass is 16.3. The van der Waals surface area contributed by atoms with Gasteiger partial charge in [-0.2, -0.15) is 0 Å². The first-order chi connectivity index (χ1) is 8.99. The fourth-order valence-corrected chi connectivity index (χ4v) is 2.44. The molecular formula is C14H18N2O3. The van der Waals surface area contributed by atoms with Gasteiger partial charge < -0.3 is 15.7 Å². The number of hydrogen-bond donors (Lipinski definition) is 2. The maximum Gasteiger partial charge on any atom is 0.220 e. The van der Waals surface area contributed by atoms with Crippen LogP contribution in [-0.2, 0) is 4.79 Å². The highest BCUT2D eigenvalue weighted by molar-refractivity contribution is 5.97. The normalized spacial score (nSPS) is 16.4. The Kier molecular flexibility index (Phi) is 3.74. The topological polar surface area (TPSA) is 83.6 Å². The quantitative estimate of drug-likeness (QED) is 0.804. The summed E-state index contributed by atoms with van der Waals surface area (Å²) < 4.78 is 0. The van der Waals surface area contributed by atoms with Crippen LogP contribution in [0, 0.1) is 5.92 Å². The summed E-state index contributed by atoms with van der Waals surface area (Å²) in [5.41, 5.74) is 6.49. The van der Waals surface area contributed by atoms with Gasteiger partial charge in [0.25, 0.3) is 0 Å². The number of rotatable bonds is 3. The van der Waals surface area contributed by atoms with Crippen LogP contribution < -0.4 is 10.6 Å². The van der Waals surface area contributed by atoms with Crippen molar-refractivity contribution < 1.29 is 14.7 Å². The Labute approximate surface area is 112 Å². The lowest BCUT2D eigenvalue weighted by molar-refractivity contribution is -0.122. The Bertz CT molecular complexity index is 505. The predicted octanol–water partition coefficient (Wildman–Crippen LogP) is 1.30. The van der Waals surface area contributed by atoms with Crippen molar-refractivity contribution in [1.82, 2.24) is 0 Å². The molecule has 1 amide bonds. The number of anilines is 1. The van der Waals surface area contributed by atoms with Crippen molar-refractivity contribution in [3.63, 3.8) is 0 Å². The minimum atomic E-state index is -0.241. The lowest BCUT2D eigenvalue weighted by Crippen LogP contribution is -2.38. The molecule has 0 aliphatic carbocycles. The average Bonchev–Trinajstić information content (AvgIpc) is 2.38. The zero-order valence-corrected chi connectivity index (χ0v) is 10.9. The van der Waals surface area contributed by atoms with E-state index in [0.717, 1.165) is 31.6 Å². The number of carbonyl (C=O) groups is 2. The van der Waals surface area contributed by atoms with Crippen molar-refractivity contribution in [2.24, 2.45) is 11.7 Å². The van der Waals surface area contributed by atoms with Gasteiger partial charge in [-0.05, 0) is 31.9 Å². The summed E-state index contributed by atoms with van der Waals surface area (Å²) in [7, 11) is 0. The van der Waals surface area contributed by atoms with Gasteiger partial charge in [0, 0.05) is 30.8 Å². The summed E-state index contributed by atoms with van der Waals surface area (Å²) >= 11 is 0. The first kappa shape index (κ1) is 13.4. The van der Waals surface area contributed by atoms with E-state index in [9.17, 15) is 14.7 Å². The molecular weight excluding hydrogens is 244 g/mol. The van der Waals surface area contributed by atoms with Crippen LogP contribution in [-0.4, -0.2) is 29.9 Å². The molecule has 1 heterocycles. The van der Waals surface area contributed by atoms with E-state index in [1.165, 1.54) is 6.92 Å². The van der Waals surface area contributed by atoms with Gasteiger partial charge in [0.15, 0.2) is 5.78 Å². The fourth-order valence-electron chi connectivity index (χ4n) is 2.44. The van der Waals surface area contributed by atoms with Crippen molar-refractivity contribution >= 4 is 17.4 Å². The van der Waals surface area contributed by atoms with Crippen LogP contribution in [0.3, 0.4) is 0 Å². The number of benzene rings is 1. The number of hydrogen-bond acceptors (Lipinski definition) is 4. The number of piperidine rings is 1. The smallest absolute Gasteiger partial charge is 0.220 e. The number of ketones is 1. The molecule has 1 aliphatic heterocycles. The average molecular weight is 262 g/mol. The monoisotopic (exact) mass is 262 g/mol. The summed E-state index contributed by atoms with van der Waals surface area (Å²) in [5.74, 6) is -0.450. The summed E-state index contributed by atoms with van der Waals surface area (Å²) in [6.45, 7) is 2.88. The molecule has 0 atom stereocenters. The first-order valence-corrected chi connectivity index (χ1v) is 6.37. The van der Waals surface area contributed by atoms with Crippen molar-refractivity contribution in [2.45, 2.75) is 19.8 Å². The second-order valence-corrected chi connectivity index (χ2v) is 4.92. The van der Waals surface area contributed by atoms with Gasteiger partial charge in [0.2, 0.25) is 5.91 Å². The molecule has 1 aromatic carbocycles. The fraction of sp³-hybridized carbons (Fsp3) is 0.429. The van der Waals surface area contributed by atoms with Gasteiger partial charge in [0.05, 0.1) is 5.56 Å². The van der Waals surface area contributed by atoms with Gasteiger partial charge in [-0.1, -0.05) is 0 Å². The largest absolute Gasteiger partial charge is 0.507 e. The standard InChI is InChI=1S/C14H18N2O3/c1-9(17)12-3-2-11(8-13(12)18)16-6-4-10(5-7-16)14(15)19/h2-3,8,10,18H,4-7H2,1H3,(H2,15,19). The van der Waals surface area contributed by atoms with E-state index >= 15 is 0 Å². The van der Waals surface area contributed by atoms with Crippen LogP contribution in [0.1, 0.15) is 30.1 Å². The Hall–Kier alpha value is -2.04. The lowest BCUT2D eigenvalue weighted by Gasteiger charge is -2.32. The maximum absolute atomic E-state index is 11.2. The SMILES string of the molecule is CC(=O)c1ccc(N2CCC(C(N)=O)CC2)cc1O. The molecule has 1 aromatic rings. The molecule has 102 valence electrons. The molecule has 0 aromatic heterocycles. The molecule has 2 rings (SSSR count). The van der Waals surface area contributed by atoms with Crippen molar-refractivity contribution in [3.8, 4) is 5.75 Å². The van der Waals surface area contributed by atoms with Crippen LogP contribution in [0.5, 0.6) is 5.75 Å². The first-order valence-electron chi connectivity index (χ1n) is 6.37. The number of phenolic OH excluding ortho intramolecular Hbond substituents is 1. The van der Waals surface area contributed by atoms with Gasteiger partial charge in [-0.25, -0.2) is 0 Å². The Morgan fingerprint density at radius 3 is 2.42 bits per heavy atom. The highest BCUT2D eigenvalue weighted by Crippen LogP contribution is 2.28. The number of carbonyl (C=O) groups excluding carboxylic acids is 2. The molecule has 19 heavy (non-hydrogen) atoms. The Balaban J connectivity index is 2.10. The lowest BCUT2D eigenvalue weighted by atomic mass is 9.96. The Morgan fingerprint density at radius 1 is 1.32 bits per heavy atom. The number of aromatic hydroxyl groups is 1. The molecule has 0 bridgehead atoms. The number of nitrogens with zero attached hydrogens (tertiary/aromatic N) is 1. The summed E-state index contributed by atoms with van der Waals surface area (Å²) in [4.78, 5) is 24.4. The van der Waals surface area contributed by atoms with E-state index in [0.29, 0.717) is 5.56 Å². The number of phenols is 1. The minimum absolute atomic E-state index is 0.00187. The van der Waals surface area contributed by atoms with Crippen LogP contribution in [0.2, 0.25) is 0 Å². The molecule has 0 radical (unpaired) electrons. The van der Waals surface area contributed by atoms with Gasteiger partial charge in [-0.15, -0.1) is 0 Å². The van der Waals surface area contributed by atoms with Crippen LogP contribution >= 0.6 is 0 Å². The molecule has 3 N–H and O–H groups in total. The van der Waals surface area contributed by atoms with Crippen LogP contribution in [0.15, 0.2) is 18.2 Å². The zero-order chi connectivity index (χ0) is 14.0. The van der Waals surface area contributed by atoms with Gasteiger partial charge >= 0.3 is 0 Å². The predicted molar refractivity (Wildman–Crippen MR) is 72.2 cm³/mol. The second kappa shape index (κ2) is 5.30. The molecule has 0 spiro atoms. The van der Waals surface area contributed by atoms with Crippen LogP contribution in [0.25, 0.3) is 0 Å². The zero-order valence-electron chi connectivity index (χ0n) is 10.9. The number of nitrogens with two attached hydrogens (primary N) is 1. The molecule has 1 fully saturated rings. The van der Waals surface area contributed by atoms with Crippen molar-refractivity contribution in [3.05, 3.63) is 23.8 Å². The third-order valence-electron chi connectivity index (χ3n) is 3.62. The molecule has 5 heteroatoms. The second-order valence-electron chi connectivity index (χ2n) is 4.92. The number of primary amides is 1.